The number of piperazine rings is 1. The van der Waals surface area contributed by atoms with Crippen LogP contribution in [-0.4, -0.2) is 78.9 Å². The first-order chi connectivity index (χ1) is 9.12. The molecule has 6 nitrogen and oxygen atoms in total. The van der Waals surface area contributed by atoms with Crippen molar-refractivity contribution < 1.29 is 9.59 Å². The molecule has 0 unspecified atom stereocenters. The zero-order valence-corrected chi connectivity index (χ0v) is 12.1. The summed E-state index contributed by atoms with van der Waals surface area (Å²) in [7, 11) is 0. The van der Waals surface area contributed by atoms with Crippen molar-refractivity contribution in [3.05, 3.63) is 0 Å². The first-order valence-corrected chi connectivity index (χ1v) is 7.10. The molecule has 0 spiro atoms. The maximum Gasteiger partial charge on any atom is 0.236 e. The van der Waals surface area contributed by atoms with Gasteiger partial charge in [0.15, 0.2) is 0 Å². The van der Waals surface area contributed by atoms with Gasteiger partial charge >= 0.3 is 0 Å². The lowest BCUT2D eigenvalue weighted by Gasteiger charge is -2.35. The van der Waals surface area contributed by atoms with Gasteiger partial charge in [0, 0.05) is 39.1 Å². The fraction of sp³-hybridized carbons (Fsp3) is 0.846. The first kappa shape index (κ1) is 15.9. The van der Waals surface area contributed by atoms with E-state index in [0.29, 0.717) is 45.7 Å². The molecule has 1 saturated heterocycles. The highest BCUT2D eigenvalue weighted by molar-refractivity contribution is 5.79. The van der Waals surface area contributed by atoms with E-state index in [1.165, 1.54) is 0 Å². The van der Waals surface area contributed by atoms with Crippen molar-refractivity contribution in [1.82, 2.24) is 14.7 Å². The molecule has 19 heavy (non-hydrogen) atoms. The van der Waals surface area contributed by atoms with Crippen LogP contribution in [0.1, 0.15) is 20.3 Å². The van der Waals surface area contributed by atoms with Gasteiger partial charge in [-0.1, -0.05) is 13.8 Å². The number of nitrogens with zero attached hydrogens (tertiary/aromatic N) is 3. The number of hydrogen-bond acceptors (Lipinski definition) is 4. The molecule has 0 aliphatic carbocycles. The van der Waals surface area contributed by atoms with Crippen LogP contribution in [-0.2, 0) is 9.59 Å². The summed E-state index contributed by atoms with van der Waals surface area (Å²) in [6, 6.07) is 0. The highest BCUT2D eigenvalue weighted by Crippen LogP contribution is 2.04. The minimum Gasteiger partial charge on any atom is -0.339 e. The van der Waals surface area contributed by atoms with Gasteiger partial charge < -0.3 is 15.5 Å². The molecule has 0 aromatic carbocycles. The smallest absolute Gasteiger partial charge is 0.236 e. The van der Waals surface area contributed by atoms with Crippen LogP contribution >= 0.6 is 0 Å². The molecule has 2 amide bonds. The Bertz CT molecular complexity index is 297. The van der Waals surface area contributed by atoms with Crippen LogP contribution in [0.15, 0.2) is 0 Å². The van der Waals surface area contributed by atoms with E-state index in [9.17, 15) is 9.59 Å². The van der Waals surface area contributed by atoms with Crippen molar-refractivity contribution in [2.45, 2.75) is 20.3 Å². The second-order valence-electron chi connectivity index (χ2n) is 4.76. The van der Waals surface area contributed by atoms with Gasteiger partial charge in [0.05, 0.1) is 6.54 Å². The number of carbonyl (C=O) groups is 2. The van der Waals surface area contributed by atoms with Crippen molar-refractivity contribution in [1.29, 1.82) is 0 Å². The van der Waals surface area contributed by atoms with Crippen LogP contribution < -0.4 is 5.73 Å². The largest absolute Gasteiger partial charge is 0.339 e. The molecule has 1 heterocycles. The van der Waals surface area contributed by atoms with Crippen molar-refractivity contribution in [2.24, 2.45) is 5.73 Å². The van der Waals surface area contributed by atoms with Gasteiger partial charge in [0.25, 0.3) is 0 Å². The lowest BCUT2D eigenvalue weighted by molar-refractivity contribution is -0.140. The molecular weight excluding hydrogens is 244 g/mol. The second-order valence-corrected chi connectivity index (χ2v) is 4.76. The summed E-state index contributed by atoms with van der Waals surface area (Å²) in [6.07, 6.45) is 0.396. The van der Waals surface area contributed by atoms with E-state index in [0.717, 1.165) is 13.1 Å². The third-order valence-electron chi connectivity index (χ3n) is 3.60. The molecule has 1 aliphatic rings. The Hall–Kier alpha value is -1.14. The minimum absolute atomic E-state index is 0.0957. The highest BCUT2D eigenvalue weighted by atomic mass is 16.2. The summed E-state index contributed by atoms with van der Waals surface area (Å²) in [4.78, 5) is 29.5. The molecule has 6 heteroatoms. The van der Waals surface area contributed by atoms with E-state index in [1.54, 1.807) is 4.90 Å². The van der Waals surface area contributed by atoms with E-state index < -0.39 is 0 Å². The van der Waals surface area contributed by atoms with Gasteiger partial charge in [-0.3, -0.25) is 14.5 Å². The molecule has 0 atom stereocenters. The summed E-state index contributed by atoms with van der Waals surface area (Å²) < 4.78 is 0. The van der Waals surface area contributed by atoms with Crippen LogP contribution in [0, 0.1) is 0 Å². The van der Waals surface area contributed by atoms with Gasteiger partial charge in [-0.25, -0.2) is 0 Å². The molecule has 0 aromatic rings. The second kappa shape index (κ2) is 8.12. The topological polar surface area (TPSA) is 69.9 Å². The molecule has 0 aromatic heterocycles. The number of amides is 2. The van der Waals surface area contributed by atoms with Gasteiger partial charge in [0.2, 0.25) is 11.8 Å². The predicted octanol–water partition coefficient (Wildman–Crippen LogP) is -0.652. The molecular formula is C13H26N4O2. The molecule has 1 aliphatic heterocycles. The summed E-state index contributed by atoms with van der Waals surface area (Å²) in [5.41, 5.74) is 5.38. The average Bonchev–Trinajstić information content (AvgIpc) is 2.45. The van der Waals surface area contributed by atoms with E-state index in [4.69, 9.17) is 5.73 Å². The van der Waals surface area contributed by atoms with Crippen LogP contribution in [0.25, 0.3) is 0 Å². The third kappa shape index (κ3) is 4.80. The van der Waals surface area contributed by atoms with Crippen LogP contribution in [0.4, 0.5) is 0 Å². The molecule has 0 bridgehead atoms. The summed E-state index contributed by atoms with van der Waals surface area (Å²) in [6.45, 7) is 9.27. The number of rotatable bonds is 6. The molecule has 0 saturated carbocycles. The Morgan fingerprint density at radius 3 is 1.89 bits per heavy atom. The maximum absolute atomic E-state index is 12.1. The van der Waals surface area contributed by atoms with Crippen LogP contribution in [0.2, 0.25) is 0 Å². The SMILES string of the molecule is CCN(CC)CC(=O)N1CCN(C(=O)CCN)CC1. The van der Waals surface area contributed by atoms with Crippen LogP contribution in [0.5, 0.6) is 0 Å². The van der Waals surface area contributed by atoms with E-state index >= 15 is 0 Å². The zero-order valence-electron chi connectivity index (χ0n) is 12.1. The normalized spacial score (nSPS) is 16.0. The number of hydrogen-bond donors (Lipinski definition) is 1. The van der Waals surface area contributed by atoms with Gasteiger partial charge in [-0.15, -0.1) is 0 Å². The Morgan fingerprint density at radius 1 is 1.00 bits per heavy atom. The average molecular weight is 270 g/mol. The lowest BCUT2D eigenvalue weighted by Crippen LogP contribution is -2.52. The van der Waals surface area contributed by atoms with Crippen molar-refractivity contribution in [2.75, 3.05) is 52.4 Å². The molecule has 0 radical (unpaired) electrons. The minimum atomic E-state index is 0.0957. The van der Waals surface area contributed by atoms with Gasteiger partial charge in [-0.05, 0) is 13.1 Å². The summed E-state index contributed by atoms with van der Waals surface area (Å²) >= 11 is 0. The molecule has 1 fully saturated rings. The Morgan fingerprint density at radius 2 is 1.47 bits per heavy atom. The molecule has 1 rings (SSSR count). The van der Waals surface area contributed by atoms with E-state index in [2.05, 4.69) is 18.7 Å². The third-order valence-corrected chi connectivity index (χ3v) is 3.60. The highest BCUT2D eigenvalue weighted by Gasteiger charge is 2.24. The fourth-order valence-electron chi connectivity index (χ4n) is 2.23. The van der Waals surface area contributed by atoms with Crippen molar-refractivity contribution in [3.8, 4) is 0 Å². The van der Waals surface area contributed by atoms with Gasteiger partial charge in [0.1, 0.15) is 0 Å². The standard InChI is InChI=1S/C13H26N4O2/c1-3-15(4-2)11-13(19)17-9-7-16(8-10-17)12(18)5-6-14/h3-11,14H2,1-2H3. The number of nitrogens with two attached hydrogens (primary N) is 1. The zero-order chi connectivity index (χ0) is 14.3. The number of likely N-dealkylation sites (N-methyl/N-ethyl adjacent to an activating group) is 1. The van der Waals surface area contributed by atoms with E-state index in [-0.39, 0.29) is 11.8 Å². The molecule has 110 valence electrons. The maximum atomic E-state index is 12.1. The monoisotopic (exact) mass is 270 g/mol. The Labute approximate surface area is 115 Å². The lowest BCUT2D eigenvalue weighted by atomic mass is 10.2. The van der Waals surface area contributed by atoms with Crippen molar-refractivity contribution in [3.63, 3.8) is 0 Å². The quantitative estimate of drug-likeness (QED) is 0.696. The number of carbonyl (C=O) groups excluding carboxylic acids is 2. The summed E-state index contributed by atoms with van der Waals surface area (Å²) in [5.74, 6) is 0.257. The van der Waals surface area contributed by atoms with Crippen LogP contribution in [0.3, 0.4) is 0 Å². The van der Waals surface area contributed by atoms with Gasteiger partial charge in [-0.2, -0.15) is 0 Å². The van der Waals surface area contributed by atoms with Crippen molar-refractivity contribution >= 4 is 11.8 Å². The first-order valence-electron chi connectivity index (χ1n) is 7.10. The molecule has 2 N–H and O–H groups in total. The van der Waals surface area contributed by atoms with E-state index in [1.807, 2.05) is 4.90 Å². The predicted molar refractivity (Wildman–Crippen MR) is 74.6 cm³/mol. The Kier molecular flexibility index (Phi) is 6.80. The fourth-order valence-corrected chi connectivity index (χ4v) is 2.23. The Balaban J connectivity index is 2.36. The summed E-state index contributed by atoms with van der Waals surface area (Å²) in [5, 5.41) is 0.